The van der Waals surface area contributed by atoms with Gasteiger partial charge in [-0.2, -0.15) is 0 Å². The summed E-state index contributed by atoms with van der Waals surface area (Å²) in [7, 11) is 0. The number of hydrogen-bond acceptors (Lipinski definition) is 20. The highest BCUT2D eigenvalue weighted by molar-refractivity contribution is 5.77. The average Bonchev–Trinajstić information content (AvgIpc) is 0.765. The summed E-state index contributed by atoms with van der Waals surface area (Å²) in [6, 6.07) is -2.53. The Morgan fingerprint density at radius 3 is 1.48 bits per heavy atom. The fourth-order valence-corrected chi connectivity index (χ4v) is 12.5. The molecule has 0 aromatic carbocycles. The van der Waals surface area contributed by atoms with Crippen LogP contribution in [-0.2, 0) is 42.8 Å². The van der Waals surface area contributed by atoms with Gasteiger partial charge in [0.1, 0.15) is 67.1 Å². The smallest absolute Gasteiger partial charge is 0.364 e. The maximum absolute atomic E-state index is 13.5. The molecule has 534 valence electrons. The minimum absolute atomic E-state index is 0.220. The third kappa shape index (κ3) is 31.5. The number of aliphatic carboxylic acids is 1. The zero-order valence-electron chi connectivity index (χ0n) is 55.7. The van der Waals surface area contributed by atoms with Crippen molar-refractivity contribution >= 4 is 17.8 Å². The Morgan fingerprint density at radius 2 is 1.02 bits per heavy atom. The monoisotopic (exact) mass is 1310 g/mol. The fourth-order valence-electron chi connectivity index (χ4n) is 12.5. The van der Waals surface area contributed by atoms with Crippen LogP contribution < -0.4 is 10.6 Å². The van der Waals surface area contributed by atoms with Crippen molar-refractivity contribution in [3.8, 4) is 0 Å². The lowest BCUT2D eigenvalue weighted by Gasteiger charge is -2.50. The van der Waals surface area contributed by atoms with E-state index in [4.69, 9.17) is 28.4 Å². The van der Waals surface area contributed by atoms with E-state index in [1.54, 1.807) is 0 Å². The first kappa shape index (κ1) is 82.7. The number of carboxylic acid groups (broad SMARTS) is 1. The Balaban J connectivity index is 1.59. The van der Waals surface area contributed by atoms with Gasteiger partial charge < -0.3 is 100 Å². The molecule has 3 heterocycles. The van der Waals surface area contributed by atoms with Gasteiger partial charge in [-0.3, -0.25) is 9.59 Å². The van der Waals surface area contributed by atoms with Crippen LogP contribution in [0.1, 0.15) is 265 Å². The van der Waals surface area contributed by atoms with E-state index in [-0.39, 0.29) is 18.9 Å². The molecule has 0 spiro atoms. The summed E-state index contributed by atoms with van der Waals surface area (Å²) < 4.78 is 34.9. The van der Waals surface area contributed by atoms with Crippen LogP contribution in [0, 0.1) is 0 Å². The van der Waals surface area contributed by atoms with Crippen LogP contribution >= 0.6 is 0 Å². The number of unbranched alkanes of at least 4 members (excludes halogenated alkanes) is 32. The highest BCUT2D eigenvalue weighted by atomic mass is 16.8. The van der Waals surface area contributed by atoms with Crippen molar-refractivity contribution in [2.45, 2.75) is 375 Å². The summed E-state index contributed by atoms with van der Waals surface area (Å²) in [6.07, 6.45) is 17.8. The first-order chi connectivity index (χ1) is 43.9. The number of aliphatic hydroxyl groups is 11. The molecule has 18 atom stereocenters. The van der Waals surface area contributed by atoms with Crippen molar-refractivity contribution in [3.63, 3.8) is 0 Å². The topological polar surface area (TPSA) is 373 Å². The highest BCUT2D eigenvalue weighted by Crippen LogP contribution is 2.39. The van der Waals surface area contributed by atoms with Crippen LogP contribution in [0.3, 0.4) is 0 Å². The second-order valence-corrected chi connectivity index (χ2v) is 26.1. The third-order valence-electron chi connectivity index (χ3n) is 18.2. The number of amides is 2. The van der Waals surface area contributed by atoms with Crippen molar-refractivity contribution in [1.82, 2.24) is 10.6 Å². The molecule has 0 aromatic rings. The molecule has 0 aromatic heterocycles. The highest BCUT2D eigenvalue weighted by Gasteiger charge is 2.60. The van der Waals surface area contributed by atoms with Gasteiger partial charge in [0.05, 0.1) is 50.7 Å². The fraction of sp³-hybridized carbons (Fsp3) is 0.926. The lowest BCUT2D eigenvalue weighted by atomic mass is 9.88. The number of carboxylic acids is 1. The maximum Gasteiger partial charge on any atom is 0.364 e. The molecule has 3 fully saturated rings. The van der Waals surface area contributed by atoms with Crippen LogP contribution in [-0.4, -0.2) is 215 Å². The third-order valence-corrected chi connectivity index (χ3v) is 18.2. The number of carbonyl (C=O) groups excluding carboxylic acids is 2. The Morgan fingerprint density at radius 1 is 0.560 bits per heavy atom. The molecular formula is C68H126N2O21. The molecule has 0 bridgehead atoms. The Bertz CT molecular complexity index is 1890. The van der Waals surface area contributed by atoms with Crippen LogP contribution in [0.2, 0.25) is 0 Å². The van der Waals surface area contributed by atoms with Gasteiger partial charge >= 0.3 is 5.97 Å². The second kappa shape index (κ2) is 49.1. The summed E-state index contributed by atoms with van der Waals surface area (Å²) in [5, 5.41) is 136. The van der Waals surface area contributed by atoms with Crippen LogP contribution in [0.5, 0.6) is 0 Å². The van der Waals surface area contributed by atoms with Gasteiger partial charge in [0.15, 0.2) is 12.6 Å². The van der Waals surface area contributed by atoms with Gasteiger partial charge in [-0.15, -0.1) is 0 Å². The van der Waals surface area contributed by atoms with E-state index in [0.717, 1.165) is 84.0 Å². The van der Waals surface area contributed by atoms with Crippen molar-refractivity contribution < 1.29 is 104 Å². The summed E-state index contributed by atoms with van der Waals surface area (Å²) in [6.45, 7) is 2.21. The van der Waals surface area contributed by atoms with Gasteiger partial charge in [-0.05, 0) is 38.5 Å². The zero-order chi connectivity index (χ0) is 66.8. The molecule has 0 radical (unpaired) electrons. The molecule has 0 saturated carbocycles. The summed E-state index contributed by atoms with van der Waals surface area (Å²) in [5.74, 6) is -6.10. The largest absolute Gasteiger partial charge is 0.477 e. The maximum atomic E-state index is 13.5. The molecule has 3 saturated heterocycles. The first-order valence-corrected chi connectivity index (χ1v) is 35.5. The first-order valence-electron chi connectivity index (χ1n) is 35.5. The Labute approximate surface area is 543 Å². The number of ether oxygens (including phenoxy) is 6. The van der Waals surface area contributed by atoms with E-state index in [9.17, 15) is 75.7 Å². The van der Waals surface area contributed by atoms with Gasteiger partial charge in [-0.1, -0.05) is 219 Å². The van der Waals surface area contributed by atoms with Gasteiger partial charge in [-0.25, -0.2) is 4.79 Å². The van der Waals surface area contributed by atoms with Crippen LogP contribution in [0.25, 0.3) is 0 Å². The second-order valence-electron chi connectivity index (χ2n) is 26.1. The number of carbonyl (C=O) groups is 3. The quantitative estimate of drug-likeness (QED) is 0.0223. The van der Waals surface area contributed by atoms with E-state index >= 15 is 0 Å². The Kier molecular flexibility index (Phi) is 44.6. The minimum atomic E-state index is -3.08. The van der Waals surface area contributed by atoms with Gasteiger partial charge in [0.25, 0.3) is 5.79 Å². The van der Waals surface area contributed by atoms with E-state index in [2.05, 4.69) is 36.6 Å². The van der Waals surface area contributed by atoms with Gasteiger partial charge in [0.2, 0.25) is 11.8 Å². The molecule has 3 rings (SSSR count). The lowest BCUT2D eigenvalue weighted by Crippen LogP contribution is -2.70. The van der Waals surface area contributed by atoms with Crippen molar-refractivity contribution in [2.24, 2.45) is 0 Å². The number of aliphatic hydroxyl groups excluding tert-OH is 11. The van der Waals surface area contributed by atoms with E-state index in [0.29, 0.717) is 19.3 Å². The molecule has 3 aliphatic heterocycles. The molecule has 23 heteroatoms. The predicted octanol–water partition coefficient (Wildman–Crippen LogP) is 6.68. The molecule has 91 heavy (non-hydrogen) atoms. The summed E-state index contributed by atoms with van der Waals surface area (Å²) in [4.78, 5) is 38.6. The van der Waals surface area contributed by atoms with Gasteiger partial charge in [0, 0.05) is 19.8 Å². The number of rotatable bonds is 54. The molecule has 23 nitrogen and oxygen atoms in total. The minimum Gasteiger partial charge on any atom is -0.477 e. The summed E-state index contributed by atoms with van der Waals surface area (Å²) in [5.41, 5.74) is 0. The van der Waals surface area contributed by atoms with E-state index in [1.807, 2.05) is 0 Å². The summed E-state index contributed by atoms with van der Waals surface area (Å²) >= 11 is 0. The zero-order valence-corrected chi connectivity index (χ0v) is 55.7. The SMILES string of the molecule is CCCCCCCC/C=C\CCCCCCCCCC(=O)NC(COC1OC(CO)C(OC2OC(CO)C(O)C(OC3(C(=O)O)CC(O)C(NC(C)=O)C(C(O)C(O)CO)O3)C2O)C(O)C1O)C(O)CCCCCCCCCCCCCCCCCCCCCC. The normalized spacial score (nSPS) is 28.4. The molecule has 2 amide bonds. The standard InChI is InChI=1S/C68H126N2O21/c1-4-6-8-10-12-14-16-18-20-22-23-24-26-27-29-31-33-35-37-39-41-50(75)49(70-55(78)42-40-38-36-34-32-30-28-25-21-19-17-15-13-11-9-7-5-2)47-86-65-60(82)59(81)62(54(46-73)88-65)89-66-61(83)64(58(80)53(45-72)87-66)91-68(67(84)85)43-51(76)56(69-48(3)74)63(90-68)57(79)52(77)44-71/h19,21,49-54,56-66,71-73,75-77,79-83H,4-18,20,22-47H2,1-3H3,(H,69,74)(H,70,78)(H,84,85)/b21-19-. The molecular weight excluding hydrogens is 1180 g/mol. The van der Waals surface area contributed by atoms with E-state index < -0.39 is 148 Å². The average molecular weight is 1310 g/mol. The number of nitrogens with one attached hydrogen (secondary N) is 2. The molecule has 14 N–H and O–H groups in total. The molecule has 0 aliphatic carbocycles. The number of hydrogen-bond donors (Lipinski definition) is 14. The molecule has 18 unspecified atom stereocenters. The molecule has 3 aliphatic rings. The van der Waals surface area contributed by atoms with Crippen molar-refractivity contribution in [2.75, 3.05) is 26.4 Å². The Hall–Kier alpha value is -2.53. The van der Waals surface area contributed by atoms with E-state index in [1.165, 1.54) is 135 Å². The van der Waals surface area contributed by atoms with Crippen LogP contribution in [0.15, 0.2) is 12.2 Å². The predicted molar refractivity (Wildman–Crippen MR) is 343 cm³/mol. The van der Waals surface area contributed by atoms with Crippen molar-refractivity contribution in [1.29, 1.82) is 0 Å². The lowest BCUT2D eigenvalue weighted by molar-refractivity contribution is -0.386. The van der Waals surface area contributed by atoms with Crippen molar-refractivity contribution in [3.05, 3.63) is 12.2 Å². The van der Waals surface area contributed by atoms with Crippen LogP contribution in [0.4, 0.5) is 0 Å². The number of allylic oxidation sites excluding steroid dienone is 2.